The molecule has 1 aliphatic heterocycles. The largest absolute Gasteiger partial charge is 0.495 e. The zero-order chi connectivity index (χ0) is 17.4. The molecule has 8 heteroatoms. The van der Waals surface area contributed by atoms with Crippen LogP contribution >= 0.6 is 0 Å². The van der Waals surface area contributed by atoms with Crippen LogP contribution in [-0.4, -0.2) is 39.2 Å². The van der Waals surface area contributed by atoms with Gasteiger partial charge in [-0.05, 0) is 51.4 Å². The molecule has 3 heterocycles. The van der Waals surface area contributed by atoms with E-state index in [0.717, 1.165) is 5.46 Å². The Bertz CT molecular complexity index is 736. The Kier molecular flexibility index (Phi) is 4.10. The third-order valence-corrected chi connectivity index (χ3v) is 4.37. The SMILES string of the molecule is CC1(C)OB(c2ccnc(NC(=O)c3ccncn3)c2)OC1(C)C. The summed E-state index contributed by atoms with van der Waals surface area (Å²) in [7, 11) is -0.507. The second-order valence-corrected chi connectivity index (χ2v) is 6.61. The lowest BCUT2D eigenvalue weighted by Crippen LogP contribution is -2.41. The van der Waals surface area contributed by atoms with Crippen molar-refractivity contribution >= 4 is 24.3 Å². The van der Waals surface area contributed by atoms with Crippen LogP contribution in [0.5, 0.6) is 0 Å². The Hall–Kier alpha value is -2.32. The van der Waals surface area contributed by atoms with E-state index in [-0.39, 0.29) is 11.6 Å². The third-order valence-electron chi connectivity index (χ3n) is 4.37. The maximum atomic E-state index is 12.1. The standard InChI is InChI=1S/C16H19BN4O3/c1-15(2)16(3,4)24-17(23-15)11-5-8-19-13(9-11)21-14(22)12-6-7-18-10-20-12/h5-10H,1-4H3,(H,19,21,22). The number of nitrogens with zero attached hydrogens (tertiary/aromatic N) is 3. The molecule has 0 unspecified atom stereocenters. The summed E-state index contributed by atoms with van der Waals surface area (Å²) in [6.07, 6.45) is 4.44. The highest BCUT2D eigenvalue weighted by atomic mass is 16.7. The third kappa shape index (κ3) is 3.15. The second kappa shape index (κ2) is 5.96. The lowest BCUT2D eigenvalue weighted by Gasteiger charge is -2.32. The van der Waals surface area contributed by atoms with Crippen LogP contribution in [0.1, 0.15) is 38.2 Å². The van der Waals surface area contributed by atoms with Crippen molar-refractivity contribution in [3.8, 4) is 0 Å². The molecule has 0 spiro atoms. The van der Waals surface area contributed by atoms with Gasteiger partial charge in [0, 0.05) is 12.4 Å². The Labute approximate surface area is 141 Å². The van der Waals surface area contributed by atoms with E-state index in [1.54, 1.807) is 12.3 Å². The zero-order valence-electron chi connectivity index (χ0n) is 14.1. The highest BCUT2D eigenvalue weighted by Crippen LogP contribution is 2.36. The highest BCUT2D eigenvalue weighted by molar-refractivity contribution is 6.62. The summed E-state index contributed by atoms with van der Waals surface area (Å²) in [4.78, 5) is 24.0. The Morgan fingerprint density at radius 1 is 1.08 bits per heavy atom. The number of carbonyl (C=O) groups excluding carboxylic acids is 1. The fourth-order valence-corrected chi connectivity index (χ4v) is 2.25. The molecule has 1 aliphatic rings. The van der Waals surface area contributed by atoms with Gasteiger partial charge in [0.05, 0.1) is 11.2 Å². The molecule has 2 aromatic heterocycles. The Morgan fingerprint density at radius 3 is 2.42 bits per heavy atom. The summed E-state index contributed by atoms with van der Waals surface area (Å²) in [6, 6.07) is 5.08. The van der Waals surface area contributed by atoms with Crippen LogP contribution in [0.4, 0.5) is 5.82 Å². The highest BCUT2D eigenvalue weighted by Gasteiger charge is 2.51. The quantitative estimate of drug-likeness (QED) is 0.859. The lowest BCUT2D eigenvalue weighted by atomic mass is 9.80. The number of hydrogen-bond donors (Lipinski definition) is 1. The summed E-state index contributed by atoms with van der Waals surface area (Å²) in [5.41, 5.74) is 0.214. The van der Waals surface area contributed by atoms with Crippen molar-refractivity contribution in [1.82, 2.24) is 15.0 Å². The number of anilines is 1. The molecule has 0 radical (unpaired) electrons. The summed E-state index contributed by atoms with van der Waals surface area (Å²) < 4.78 is 12.0. The molecule has 7 nitrogen and oxygen atoms in total. The first-order valence-corrected chi connectivity index (χ1v) is 7.67. The molecule has 0 saturated carbocycles. The minimum atomic E-state index is -0.507. The number of hydrogen-bond acceptors (Lipinski definition) is 6. The van der Waals surface area contributed by atoms with Crippen LogP contribution in [0, 0.1) is 0 Å². The fourth-order valence-electron chi connectivity index (χ4n) is 2.25. The molecule has 3 rings (SSSR count). The number of carbonyl (C=O) groups is 1. The molecule has 1 N–H and O–H groups in total. The van der Waals surface area contributed by atoms with Gasteiger partial charge < -0.3 is 14.6 Å². The van der Waals surface area contributed by atoms with Gasteiger partial charge in [-0.2, -0.15) is 0 Å². The number of amides is 1. The second-order valence-electron chi connectivity index (χ2n) is 6.61. The first kappa shape index (κ1) is 16.5. The van der Waals surface area contributed by atoms with Gasteiger partial charge in [-0.3, -0.25) is 4.79 Å². The minimum absolute atomic E-state index is 0.271. The average Bonchev–Trinajstić information content (AvgIpc) is 2.76. The zero-order valence-corrected chi connectivity index (χ0v) is 14.1. The normalized spacial score (nSPS) is 18.4. The molecule has 1 saturated heterocycles. The summed E-state index contributed by atoms with van der Waals surface area (Å²) in [5, 5.41) is 2.71. The lowest BCUT2D eigenvalue weighted by molar-refractivity contribution is 0.00578. The van der Waals surface area contributed by atoms with Crippen molar-refractivity contribution in [3.05, 3.63) is 42.6 Å². The van der Waals surface area contributed by atoms with E-state index in [9.17, 15) is 4.79 Å². The van der Waals surface area contributed by atoms with Crippen molar-refractivity contribution in [1.29, 1.82) is 0 Å². The molecule has 1 fully saturated rings. The van der Waals surface area contributed by atoms with Gasteiger partial charge in [-0.25, -0.2) is 15.0 Å². The molecular formula is C16H19BN4O3. The fraction of sp³-hybridized carbons (Fsp3) is 0.375. The van der Waals surface area contributed by atoms with E-state index in [0.29, 0.717) is 5.82 Å². The predicted octanol–water partition coefficient (Wildman–Crippen LogP) is 1.42. The molecule has 0 aromatic carbocycles. The van der Waals surface area contributed by atoms with Crippen LogP contribution in [0.3, 0.4) is 0 Å². The Balaban J connectivity index is 1.77. The van der Waals surface area contributed by atoms with Gasteiger partial charge in [0.1, 0.15) is 17.8 Å². The number of aromatic nitrogens is 3. The van der Waals surface area contributed by atoms with Crippen molar-refractivity contribution in [3.63, 3.8) is 0 Å². The smallest absolute Gasteiger partial charge is 0.399 e. The van der Waals surface area contributed by atoms with Gasteiger partial charge in [0.2, 0.25) is 0 Å². The summed E-state index contributed by atoms with van der Waals surface area (Å²) in [6.45, 7) is 7.97. The van der Waals surface area contributed by atoms with E-state index in [2.05, 4.69) is 20.3 Å². The monoisotopic (exact) mass is 326 g/mol. The molecular weight excluding hydrogens is 307 g/mol. The average molecular weight is 326 g/mol. The number of nitrogens with one attached hydrogen (secondary N) is 1. The topological polar surface area (TPSA) is 86.2 Å². The van der Waals surface area contributed by atoms with Crippen LogP contribution in [0.15, 0.2) is 36.9 Å². The maximum absolute atomic E-state index is 12.1. The van der Waals surface area contributed by atoms with Gasteiger partial charge in [0.25, 0.3) is 5.91 Å². The minimum Gasteiger partial charge on any atom is -0.399 e. The summed E-state index contributed by atoms with van der Waals surface area (Å²) in [5.74, 6) is 0.0572. The molecule has 0 atom stereocenters. The van der Waals surface area contributed by atoms with Crippen molar-refractivity contribution in [2.45, 2.75) is 38.9 Å². The van der Waals surface area contributed by atoms with Gasteiger partial charge >= 0.3 is 7.12 Å². The summed E-state index contributed by atoms with van der Waals surface area (Å²) >= 11 is 0. The molecule has 2 aromatic rings. The number of pyridine rings is 1. The molecule has 24 heavy (non-hydrogen) atoms. The van der Waals surface area contributed by atoms with E-state index < -0.39 is 18.3 Å². The first-order valence-electron chi connectivity index (χ1n) is 7.67. The van der Waals surface area contributed by atoms with E-state index in [1.165, 1.54) is 18.6 Å². The van der Waals surface area contributed by atoms with Crippen LogP contribution in [-0.2, 0) is 9.31 Å². The van der Waals surface area contributed by atoms with E-state index in [4.69, 9.17) is 9.31 Å². The van der Waals surface area contributed by atoms with Crippen LogP contribution in [0.2, 0.25) is 0 Å². The van der Waals surface area contributed by atoms with Gasteiger partial charge in [-0.1, -0.05) is 0 Å². The maximum Gasteiger partial charge on any atom is 0.495 e. The first-order chi connectivity index (χ1) is 11.3. The van der Waals surface area contributed by atoms with Crippen molar-refractivity contribution in [2.24, 2.45) is 0 Å². The van der Waals surface area contributed by atoms with Crippen molar-refractivity contribution < 1.29 is 14.1 Å². The Morgan fingerprint density at radius 2 is 1.79 bits per heavy atom. The molecule has 0 bridgehead atoms. The predicted molar refractivity (Wildman–Crippen MR) is 89.9 cm³/mol. The van der Waals surface area contributed by atoms with Gasteiger partial charge in [0.15, 0.2) is 0 Å². The number of rotatable bonds is 3. The van der Waals surface area contributed by atoms with Crippen molar-refractivity contribution in [2.75, 3.05) is 5.32 Å². The molecule has 1 amide bonds. The van der Waals surface area contributed by atoms with Crippen LogP contribution in [0.25, 0.3) is 0 Å². The van der Waals surface area contributed by atoms with E-state index in [1.807, 2.05) is 33.8 Å². The van der Waals surface area contributed by atoms with E-state index >= 15 is 0 Å². The molecule has 0 aliphatic carbocycles. The molecule has 124 valence electrons. The van der Waals surface area contributed by atoms with Gasteiger partial charge in [-0.15, -0.1) is 0 Å². The van der Waals surface area contributed by atoms with Crippen LogP contribution < -0.4 is 10.8 Å².